The molecule has 4 N–H and O–H groups in total. The second-order valence-electron chi connectivity index (χ2n) is 8.88. The smallest absolute Gasteiger partial charge is 0.274 e. The summed E-state index contributed by atoms with van der Waals surface area (Å²) in [6, 6.07) is 8.27. The van der Waals surface area contributed by atoms with Gasteiger partial charge in [0.2, 0.25) is 5.43 Å². The van der Waals surface area contributed by atoms with Crippen molar-refractivity contribution in [1.29, 1.82) is 0 Å². The lowest BCUT2D eigenvalue weighted by atomic mass is 10.1. The topological polar surface area (TPSA) is 122 Å². The highest BCUT2D eigenvalue weighted by Crippen LogP contribution is 2.19. The number of amides is 2. The number of nitrogens with one attached hydrogen (secondary N) is 3. The van der Waals surface area contributed by atoms with Crippen molar-refractivity contribution in [2.75, 3.05) is 12.0 Å². The van der Waals surface area contributed by atoms with E-state index in [0.29, 0.717) is 17.7 Å². The highest BCUT2D eigenvalue weighted by molar-refractivity contribution is 5.99. The summed E-state index contributed by atoms with van der Waals surface area (Å²) < 4.78 is 48.4. The van der Waals surface area contributed by atoms with Crippen LogP contribution in [0.25, 0.3) is 0 Å². The van der Waals surface area contributed by atoms with E-state index in [2.05, 4.69) is 29.2 Å². The first-order valence-electron chi connectivity index (χ1n) is 12.4. The quantitative estimate of drug-likeness (QED) is 0.234. The van der Waals surface area contributed by atoms with Crippen LogP contribution < -0.4 is 26.2 Å². The van der Waals surface area contributed by atoms with Crippen LogP contribution in [0.1, 0.15) is 38.9 Å². The minimum Gasteiger partial charge on any atom is -0.482 e. The molecule has 3 aromatic rings. The molecule has 41 heavy (non-hydrogen) atoms. The van der Waals surface area contributed by atoms with Crippen LogP contribution in [0.2, 0.25) is 0 Å². The Hall–Kier alpha value is -4.84. The van der Waals surface area contributed by atoms with Crippen molar-refractivity contribution >= 4 is 11.8 Å². The third-order valence-electron chi connectivity index (χ3n) is 5.88. The van der Waals surface area contributed by atoms with Crippen molar-refractivity contribution < 1.29 is 32.6 Å². The molecule has 0 spiro atoms. The first-order valence-corrected chi connectivity index (χ1v) is 12.4. The monoisotopic (exact) mass is 570 g/mol. The van der Waals surface area contributed by atoms with Gasteiger partial charge in [-0.1, -0.05) is 42.5 Å². The van der Waals surface area contributed by atoms with Gasteiger partial charge in [0.05, 0.1) is 18.7 Å². The predicted octanol–water partition coefficient (Wildman–Crippen LogP) is 3.17. The highest BCUT2D eigenvalue weighted by atomic mass is 19.1. The molecule has 2 amide bonds. The summed E-state index contributed by atoms with van der Waals surface area (Å²) in [6.45, 7) is 7.56. The molecule has 2 unspecified atom stereocenters. The second kappa shape index (κ2) is 14.0. The van der Waals surface area contributed by atoms with Crippen molar-refractivity contribution in [1.82, 2.24) is 15.3 Å². The summed E-state index contributed by atoms with van der Waals surface area (Å²) in [6.07, 6.45) is 3.81. The molecule has 0 fully saturated rings. The number of ether oxygens (including phenoxy) is 1. The number of carbonyl (C=O) groups excluding carboxylic acids is 2. The summed E-state index contributed by atoms with van der Waals surface area (Å²) in [5.41, 5.74) is 1.08. The second-order valence-corrected chi connectivity index (χ2v) is 8.88. The number of benzene rings is 2. The average molecular weight is 571 g/mol. The van der Waals surface area contributed by atoms with Crippen LogP contribution in [0.4, 0.5) is 13.2 Å². The highest BCUT2D eigenvalue weighted by Gasteiger charge is 2.27. The van der Waals surface area contributed by atoms with E-state index in [9.17, 15) is 32.7 Å². The number of carbonyl (C=O) groups is 2. The van der Waals surface area contributed by atoms with Gasteiger partial charge in [-0.2, -0.15) is 0 Å². The molecule has 9 nitrogen and oxygen atoms in total. The number of aromatic nitrogens is 1. The zero-order chi connectivity index (χ0) is 30.1. The molecule has 2 atom stereocenters. The molecule has 216 valence electrons. The zero-order valence-corrected chi connectivity index (χ0v) is 22.1. The van der Waals surface area contributed by atoms with Gasteiger partial charge in [0.1, 0.15) is 29.6 Å². The van der Waals surface area contributed by atoms with Gasteiger partial charge in [-0.05, 0) is 12.5 Å². The molecule has 0 saturated carbocycles. The largest absolute Gasteiger partial charge is 0.482 e. The normalized spacial score (nSPS) is 12.1. The van der Waals surface area contributed by atoms with Gasteiger partial charge in [-0.25, -0.2) is 13.2 Å². The Morgan fingerprint density at radius 3 is 2.32 bits per heavy atom. The van der Waals surface area contributed by atoms with Crippen molar-refractivity contribution in [2.24, 2.45) is 0 Å². The number of halogens is 3. The fourth-order valence-electron chi connectivity index (χ4n) is 3.62. The standard InChI is InChI=1S/C29H29F3N4O5/c1-4-17(3)35-36-14-22(28(39)33-13-21-23(31)11-19(30)12-24(21)32)26(38)27(41-16-18-9-7-6-8-10-18)25(36)29(40)34-20(5-2)15-37/h4-12,14,17,20,35,37H,1-2,13,15-16H2,3H3,(H,33,39)(H,34,40). The number of rotatable bonds is 13. The van der Waals surface area contributed by atoms with E-state index in [1.165, 1.54) is 12.2 Å². The third-order valence-corrected chi connectivity index (χ3v) is 5.88. The Morgan fingerprint density at radius 1 is 1.07 bits per heavy atom. The fourth-order valence-corrected chi connectivity index (χ4v) is 3.62. The summed E-state index contributed by atoms with van der Waals surface area (Å²) in [7, 11) is 0. The molecule has 3 rings (SSSR count). The third kappa shape index (κ3) is 7.63. The minimum absolute atomic E-state index is 0.157. The van der Waals surface area contributed by atoms with E-state index in [-0.39, 0.29) is 12.3 Å². The maximum absolute atomic E-state index is 14.1. The predicted molar refractivity (Wildman–Crippen MR) is 147 cm³/mol. The van der Waals surface area contributed by atoms with Crippen LogP contribution in [0.3, 0.4) is 0 Å². The molecule has 1 heterocycles. The molecular formula is C29H29F3N4O5. The minimum atomic E-state index is -1.22. The van der Waals surface area contributed by atoms with Gasteiger partial charge < -0.3 is 25.9 Å². The van der Waals surface area contributed by atoms with Crippen molar-refractivity contribution in [3.05, 3.63) is 124 Å². The van der Waals surface area contributed by atoms with E-state index in [1.807, 2.05) is 0 Å². The summed E-state index contributed by atoms with van der Waals surface area (Å²) in [4.78, 5) is 40.1. The van der Waals surface area contributed by atoms with E-state index in [4.69, 9.17) is 4.74 Å². The zero-order valence-electron chi connectivity index (χ0n) is 22.1. The molecule has 1 aromatic heterocycles. The Morgan fingerprint density at radius 2 is 1.73 bits per heavy atom. The Kier molecular flexibility index (Phi) is 10.5. The van der Waals surface area contributed by atoms with Crippen LogP contribution in [0.15, 0.2) is 78.8 Å². The first kappa shape index (κ1) is 30.7. The fraction of sp³-hybridized carbons (Fsp3) is 0.207. The molecule has 0 radical (unpaired) electrons. The summed E-state index contributed by atoms with van der Waals surface area (Å²) in [5, 5.41) is 14.3. The number of hydrogen-bond acceptors (Lipinski definition) is 6. The summed E-state index contributed by atoms with van der Waals surface area (Å²) >= 11 is 0. The van der Waals surface area contributed by atoms with Gasteiger partial charge in [-0.15, -0.1) is 13.2 Å². The SMILES string of the molecule is C=CC(C)Nn1cc(C(=O)NCc2c(F)cc(F)cc2F)c(=O)c(OCc2ccccc2)c1C(=O)NC(C=C)CO. The number of aliphatic hydroxyl groups excluding tert-OH is 1. The summed E-state index contributed by atoms with van der Waals surface area (Å²) in [5.74, 6) is -5.97. The maximum atomic E-state index is 14.1. The van der Waals surface area contributed by atoms with Gasteiger partial charge in [-0.3, -0.25) is 19.1 Å². The van der Waals surface area contributed by atoms with Gasteiger partial charge in [0.15, 0.2) is 11.4 Å². The number of nitrogens with zero attached hydrogens (tertiary/aromatic N) is 1. The molecule has 0 aliphatic heterocycles. The maximum Gasteiger partial charge on any atom is 0.274 e. The molecule has 2 aromatic carbocycles. The molecular weight excluding hydrogens is 541 g/mol. The van der Waals surface area contributed by atoms with Crippen molar-refractivity contribution in [2.45, 2.75) is 32.2 Å². The van der Waals surface area contributed by atoms with E-state index in [0.717, 1.165) is 10.9 Å². The molecule has 0 bridgehead atoms. The average Bonchev–Trinajstić information content (AvgIpc) is 2.95. The molecule has 0 aliphatic rings. The van der Waals surface area contributed by atoms with E-state index in [1.54, 1.807) is 37.3 Å². The Balaban J connectivity index is 2.10. The first-order chi connectivity index (χ1) is 19.6. The lowest BCUT2D eigenvalue weighted by Gasteiger charge is -2.23. The van der Waals surface area contributed by atoms with Gasteiger partial charge in [0, 0.05) is 30.4 Å². The van der Waals surface area contributed by atoms with Crippen LogP contribution in [-0.4, -0.2) is 40.3 Å². The molecule has 12 heteroatoms. The number of aliphatic hydroxyl groups is 1. The van der Waals surface area contributed by atoms with Gasteiger partial charge >= 0.3 is 0 Å². The van der Waals surface area contributed by atoms with Crippen molar-refractivity contribution in [3.63, 3.8) is 0 Å². The van der Waals surface area contributed by atoms with E-state index >= 15 is 0 Å². The number of hydrogen-bond donors (Lipinski definition) is 4. The molecule has 0 saturated heterocycles. The van der Waals surface area contributed by atoms with Crippen molar-refractivity contribution in [3.8, 4) is 5.75 Å². The van der Waals surface area contributed by atoms with Crippen LogP contribution in [-0.2, 0) is 13.2 Å². The van der Waals surface area contributed by atoms with E-state index < -0.39 is 76.8 Å². The number of pyridine rings is 1. The lowest BCUT2D eigenvalue weighted by molar-refractivity contribution is 0.0908. The lowest BCUT2D eigenvalue weighted by Crippen LogP contribution is -2.41. The molecule has 0 aliphatic carbocycles. The van der Waals surface area contributed by atoms with Crippen LogP contribution in [0, 0.1) is 17.5 Å². The van der Waals surface area contributed by atoms with Gasteiger partial charge in [0.25, 0.3) is 11.8 Å². The Bertz CT molecular complexity index is 1470. The van der Waals surface area contributed by atoms with Crippen LogP contribution in [0.5, 0.6) is 5.75 Å². The van der Waals surface area contributed by atoms with Crippen LogP contribution >= 0.6 is 0 Å². The Labute approximate surface area is 233 Å².